The fourth-order valence-electron chi connectivity index (χ4n) is 1.53. The van der Waals surface area contributed by atoms with Crippen LogP contribution in [0.3, 0.4) is 0 Å². The predicted octanol–water partition coefficient (Wildman–Crippen LogP) is 2.30. The third kappa shape index (κ3) is 3.33. The Morgan fingerprint density at radius 3 is 2.90 bits per heavy atom. The second-order valence-electron chi connectivity index (χ2n) is 3.83. The maximum Gasteiger partial charge on any atom is 0.339 e. The van der Waals surface area contributed by atoms with Gasteiger partial charge in [0, 0.05) is 24.5 Å². The van der Waals surface area contributed by atoms with Crippen molar-refractivity contribution in [3.63, 3.8) is 0 Å². The Kier molecular flexibility index (Phi) is 4.31. The molecule has 0 amide bonds. The van der Waals surface area contributed by atoms with Gasteiger partial charge < -0.3 is 4.74 Å². The van der Waals surface area contributed by atoms with E-state index in [1.165, 1.54) is 12.1 Å². The zero-order valence-electron chi connectivity index (χ0n) is 10.2. The number of ether oxygens (including phenoxy) is 1. The minimum absolute atomic E-state index is 0.0108. The highest BCUT2D eigenvalue weighted by molar-refractivity contribution is 6.33. The molecule has 1 heterocycles. The normalized spacial score (nSPS) is 10.2. The lowest BCUT2D eigenvalue weighted by atomic mass is 10.2. The van der Waals surface area contributed by atoms with Crippen LogP contribution in [0, 0.1) is 10.1 Å². The van der Waals surface area contributed by atoms with Crippen LogP contribution >= 0.6 is 11.6 Å². The number of esters is 1. The van der Waals surface area contributed by atoms with Crippen molar-refractivity contribution in [1.82, 2.24) is 9.78 Å². The summed E-state index contributed by atoms with van der Waals surface area (Å²) in [5.74, 6) is -0.628. The first kappa shape index (κ1) is 14.0. The second-order valence-corrected chi connectivity index (χ2v) is 4.23. The van der Waals surface area contributed by atoms with Gasteiger partial charge in [0.25, 0.3) is 5.69 Å². The van der Waals surface area contributed by atoms with Gasteiger partial charge in [0.1, 0.15) is 6.61 Å². The number of carbonyl (C=O) groups is 1. The molecule has 0 aliphatic carbocycles. The summed E-state index contributed by atoms with van der Waals surface area (Å²) in [6.45, 7) is 0.553. The van der Waals surface area contributed by atoms with Crippen molar-refractivity contribution in [2.45, 2.75) is 6.54 Å². The number of hydrogen-bond acceptors (Lipinski definition) is 5. The molecule has 2 aromatic rings. The van der Waals surface area contributed by atoms with Crippen molar-refractivity contribution in [2.24, 2.45) is 0 Å². The van der Waals surface area contributed by atoms with Crippen LogP contribution in [0.15, 0.2) is 36.7 Å². The van der Waals surface area contributed by atoms with Crippen LogP contribution in [0.25, 0.3) is 0 Å². The summed E-state index contributed by atoms with van der Waals surface area (Å²) in [5, 5.41) is 14.5. The Bertz CT molecular complexity index is 628. The highest BCUT2D eigenvalue weighted by Crippen LogP contribution is 2.23. The summed E-state index contributed by atoms with van der Waals surface area (Å²) in [4.78, 5) is 21.7. The topological polar surface area (TPSA) is 87.3 Å². The number of hydrogen-bond donors (Lipinski definition) is 0. The highest BCUT2D eigenvalue weighted by atomic mass is 35.5. The molecule has 104 valence electrons. The predicted molar refractivity (Wildman–Crippen MR) is 70.6 cm³/mol. The molecular weight excluding hydrogens is 286 g/mol. The molecule has 0 fully saturated rings. The maximum atomic E-state index is 11.8. The molecule has 0 atom stereocenters. The number of benzene rings is 1. The fourth-order valence-corrected chi connectivity index (χ4v) is 1.78. The first-order valence-corrected chi connectivity index (χ1v) is 6.04. The zero-order chi connectivity index (χ0) is 14.5. The third-order valence-electron chi connectivity index (χ3n) is 2.50. The Morgan fingerprint density at radius 2 is 2.30 bits per heavy atom. The number of carbonyl (C=O) groups excluding carboxylic acids is 1. The number of halogens is 1. The lowest BCUT2D eigenvalue weighted by Crippen LogP contribution is -2.12. The molecule has 0 radical (unpaired) electrons. The monoisotopic (exact) mass is 295 g/mol. The average molecular weight is 296 g/mol. The summed E-state index contributed by atoms with van der Waals surface area (Å²) < 4.78 is 6.64. The molecule has 7 nitrogen and oxygen atoms in total. The Labute approximate surface area is 118 Å². The molecule has 1 aromatic heterocycles. The molecule has 0 bridgehead atoms. The number of nitro benzene ring substituents is 1. The number of aromatic nitrogens is 2. The van der Waals surface area contributed by atoms with Gasteiger partial charge in [-0.1, -0.05) is 11.6 Å². The summed E-state index contributed by atoms with van der Waals surface area (Å²) in [6.07, 6.45) is 3.36. The minimum Gasteiger partial charge on any atom is -0.460 e. The van der Waals surface area contributed by atoms with Crippen molar-refractivity contribution < 1.29 is 14.5 Å². The molecule has 0 spiro atoms. The molecule has 0 unspecified atom stereocenters. The van der Waals surface area contributed by atoms with E-state index in [9.17, 15) is 14.9 Å². The van der Waals surface area contributed by atoms with Crippen molar-refractivity contribution >= 4 is 23.3 Å². The average Bonchev–Trinajstić information content (AvgIpc) is 2.91. The number of nitro groups is 1. The van der Waals surface area contributed by atoms with Gasteiger partial charge >= 0.3 is 5.97 Å². The largest absolute Gasteiger partial charge is 0.460 e. The molecular formula is C12H10ClN3O4. The van der Waals surface area contributed by atoms with Crippen LogP contribution in [-0.2, 0) is 11.3 Å². The minimum atomic E-state index is -0.628. The van der Waals surface area contributed by atoms with Crippen LogP contribution in [-0.4, -0.2) is 27.3 Å². The smallest absolute Gasteiger partial charge is 0.339 e. The molecule has 0 saturated heterocycles. The van der Waals surface area contributed by atoms with Gasteiger partial charge in [0.15, 0.2) is 0 Å². The summed E-state index contributed by atoms with van der Waals surface area (Å²) in [5.41, 5.74) is -0.0826. The first-order chi connectivity index (χ1) is 9.58. The molecule has 2 rings (SSSR count). The quantitative estimate of drug-likeness (QED) is 0.480. The SMILES string of the molecule is O=C(OCCn1cccn1)c1ccc([N+](=O)[O-])cc1Cl. The van der Waals surface area contributed by atoms with Gasteiger partial charge in [-0.3, -0.25) is 14.8 Å². The fraction of sp³-hybridized carbons (Fsp3) is 0.167. The van der Waals surface area contributed by atoms with Crippen LogP contribution in [0.2, 0.25) is 5.02 Å². The molecule has 0 N–H and O–H groups in total. The van der Waals surface area contributed by atoms with Crippen LogP contribution in [0.1, 0.15) is 10.4 Å². The number of rotatable bonds is 5. The van der Waals surface area contributed by atoms with Gasteiger partial charge in [-0.15, -0.1) is 0 Å². The Balaban J connectivity index is 1.97. The molecule has 0 saturated carbocycles. The van der Waals surface area contributed by atoms with E-state index in [0.717, 1.165) is 6.07 Å². The van der Waals surface area contributed by atoms with E-state index in [2.05, 4.69) is 5.10 Å². The van der Waals surface area contributed by atoms with E-state index in [1.54, 1.807) is 23.1 Å². The molecule has 0 aliphatic rings. The standard InChI is InChI=1S/C12H10ClN3O4/c13-11-8-9(16(18)19)2-3-10(11)12(17)20-7-6-15-5-1-4-14-15/h1-5,8H,6-7H2. The first-order valence-electron chi connectivity index (χ1n) is 5.66. The summed E-state index contributed by atoms with van der Waals surface area (Å²) in [7, 11) is 0. The van der Waals surface area contributed by atoms with Crippen LogP contribution in [0.5, 0.6) is 0 Å². The van der Waals surface area contributed by atoms with Gasteiger partial charge in [0.2, 0.25) is 0 Å². The van der Waals surface area contributed by atoms with Crippen LogP contribution in [0.4, 0.5) is 5.69 Å². The summed E-state index contributed by atoms with van der Waals surface area (Å²) >= 11 is 5.82. The van der Waals surface area contributed by atoms with Gasteiger partial charge in [0.05, 0.1) is 22.1 Å². The Morgan fingerprint density at radius 1 is 1.50 bits per heavy atom. The number of non-ortho nitro benzene ring substituents is 1. The second kappa shape index (κ2) is 6.16. The van der Waals surface area contributed by atoms with Gasteiger partial charge in [-0.2, -0.15) is 5.10 Å². The van der Waals surface area contributed by atoms with E-state index in [0.29, 0.717) is 6.54 Å². The zero-order valence-corrected chi connectivity index (χ0v) is 11.0. The van der Waals surface area contributed by atoms with E-state index in [4.69, 9.17) is 16.3 Å². The van der Waals surface area contributed by atoms with E-state index < -0.39 is 10.9 Å². The van der Waals surface area contributed by atoms with Crippen molar-refractivity contribution in [3.05, 3.63) is 57.4 Å². The highest BCUT2D eigenvalue weighted by Gasteiger charge is 2.15. The van der Waals surface area contributed by atoms with E-state index in [-0.39, 0.29) is 22.9 Å². The van der Waals surface area contributed by atoms with Crippen molar-refractivity contribution in [3.8, 4) is 0 Å². The maximum absolute atomic E-state index is 11.8. The van der Waals surface area contributed by atoms with Gasteiger partial charge in [-0.05, 0) is 12.1 Å². The number of nitrogens with zero attached hydrogens (tertiary/aromatic N) is 3. The third-order valence-corrected chi connectivity index (χ3v) is 2.81. The van der Waals surface area contributed by atoms with Crippen molar-refractivity contribution in [2.75, 3.05) is 6.61 Å². The molecule has 1 aromatic carbocycles. The lowest BCUT2D eigenvalue weighted by molar-refractivity contribution is -0.384. The Hall–Kier alpha value is -2.41. The van der Waals surface area contributed by atoms with Crippen LogP contribution < -0.4 is 0 Å². The molecule has 20 heavy (non-hydrogen) atoms. The van der Waals surface area contributed by atoms with Gasteiger partial charge in [-0.25, -0.2) is 4.79 Å². The van der Waals surface area contributed by atoms with Crippen molar-refractivity contribution in [1.29, 1.82) is 0 Å². The summed E-state index contributed by atoms with van der Waals surface area (Å²) in [6, 6.07) is 5.35. The van der Waals surface area contributed by atoms with E-state index in [1.807, 2.05) is 0 Å². The lowest BCUT2D eigenvalue weighted by Gasteiger charge is -2.06. The molecule has 0 aliphatic heterocycles. The van der Waals surface area contributed by atoms with E-state index >= 15 is 0 Å². The molecule has 8 heteroatoms.